The zero-order chi connectivity index (χ0) is 22.4. The first-order chi connectivity index (χ1) is 14.8. The number of hydrogen-bond acceptors (Lipinski definition) is 5. The number of halogens is 2. The molecule has 0 spiro atoms. The molecule has 3 rings (SSSR count). The van der Waals surface area contributed by atoms with E-state index in [0.29, 0.717) is 34.7 Å². The summed E-state index contributed by atoms with van der Waals surface area (Å²) in [4.78, 5) is 0.0685. The van der Waals surface area contributed by atoms with Crippen LogP contribution in [0, 0.1) is 0 Å². The standard InChI is InChI=1S/C22H22Cl2N2O4S/c1-2-29-22-11-15(13-26-18-6-8-19(9-7-18)31(25,27)28)3-10-21(22)30-14-16-4-5-17(23)12-20(16)24/h3-12,26H,2,13-14H2,1H3,(H2,25,27,28). The molecule has 0 saturated heterocycles. The van der Waals surface area contributed by atoms with Crippen LogP contribution in [0.4, 0.5) is 5.69 Å². The summed E-state index contributed by atoms with van der Waals surface area (Å²) in [6.07, 6.45) is 0. The Hall–Kier alpha value is -2.45. The lowest BCUT2D eigenvalue weighted by atomic mass is 10.2. The lowest BCUT2D eigenvalue weighted by Gasteiger charge is -2.15. The predicted molar refractivity (Wildman–Crippen MR) is 124 cm³/mol. The van der Waals surface area contributed by atoms with Gasteiger partial charge in [-0.25, -0.2) is 13.6 Å². The van der Waals surface area contributed by atoms with Crippen LogP contribution in [-0.2, 0) is 23.2 Å². The fraction of sp³-hybridized carbons (Fsp3) is 0.182. The molecule has 0 heterocycles. The van der Waals surface area contributed by atoms with Gasteiger partial charge in [0.1, 0.15) is 6.61 Å². The number of primary sulfonamides is 1. The molecule has 0 unspecified atom stereocenters. The van der Waals surface area contributed by atoms with Crippen molar-refractivity contribution in [1.29, 1.82) is 0 Å². The Labute approximate surface area is 191 Å². The summed E-state index contributed by atoms with van der Waals surface area (Å²) in [5, 5.41) is 9.47. The van der Waals surface area contributed by atoms with Crippen LogP contribution in [0.1, 0.15) is 18.1 Å². The van der Waals surface area contributed by atoms with Gasteiger partial charge in [-0.2, -0.15) is 0 Å². The molecule has 0 bridgehead atoms. The first-order valence-corrected chi connectivity index (χ1v) is 11.8. The van der Waals surface area contributed by atoms with E-state index in [1.165, 1.54) is 12.1 Å². The van der Waals surface area contributed by atoms with Crippen molar-refractivity contribution in [2.75, 3.05) is 11.9 Å². The number of nitrogens with one attached hydrogen (secondary N) is 1. The summed E-state index contributed by atoms with van der Waals surface area (Å²) in [6.45, 7) is 3.18. The Morgan fingerprint density at radius 3 is 2.32 bits per heavy atom. The van der Waals surface area contributed by atoms with Crippen molar-refractivity contribution in [3.63, 3.8) is 0 Å². The number of anilines is 1. The van der Waals surface area contributed by atoms with E-state index in [9.17, 15) is 8.42 Å². The van der Waals surface area contributed by atoms with Crippen LogP contribution in [0.3, 0.4) is 0 Å². The third-order valence-corrected chi connectivity index (χ3v) is 5.90. The summed E-state index contributed by atoms with van der Waals surface area (Å²) >= 11 is 12.1. The molecular weight excluding hydrogens is 459 g/mol. The highest BCUT2D eigenvalue weighted by molar-refractivity contribution is 7.89. The van der Waals surface area contributed by atoms with Crippen molar-refractivity contribution in [2.45, 2.75) is 25.0 Å². The number of benzene rings is 3. The molecular formula is C22H22Cl2N2O4S. The lowest BCUT2D eigenvalue weighted by Crippen LogP contribution is -2.12. The van der Waals surface area contributed by atoms with Crippen molar-refractivity contribution < 1.29 is 17.9 Å². The van der Waals surface area contributed by atoms with Crippen LogP contribution in [0.25, 0.3) is 0 Å². The van der Waals surface area contributed by atoms with E-state index < -0.39 is 10.0 Å². The average molecular weight is 481 g/mol. The molecule has 3 aromatic carbocycles. The van der Waals surface area contributed by atoms with Crippen LogP contribution in [0.15, 0.2) is 65.6 Å². The average Bonchev–Trinajstić information content (AvgIpc) is 2.72. The van der Waals surface area contributed by atoms with E-state index in [0.717, 1.165) is 16.8 Å². The monoisotopic (exact) mass is 480 g/mol. The number of sulfonamides is 1. The fourth-order valence-corrected chi connectivity index (χ4v) is 3.79. The normalized spacial score (nSPS) is 11.2. The quantitative estimate of drug-likeness (QED) is 0.437. The molecule has 9 heteroatoms. The Morgan fingerprint density at radius 2 is 1.68 bits per heavy atom. The molecule has 3 N–H and O–H groups in total. The molecule has 31 heavy (non-hydrogen) atoms. The van der Waals surface area contributed by atoms with Crippen molar-refractivity contribution in [1.82, 2.24) is 0 Å². The van der Waals surface area contributed by atoms with Gasteiger partial charge >= 0.3 is 0 Å². The fourth-order valence-electron chi connectivity index (χ4n) is 2.81. The molecule has 0 aliphatic heterocycles. The summed E-state index contributed by atoms with van der Waals surface area (Å²) in [7, 11) is -3.71. The second-order valence-corrected chi connectivity index (χ2v) is 9.07. The highest BCUT2D eigenvalue weighted by atomic mass is 35.5. The molecule has 0 radical (unpaired) electrons. The van der Waals surface area contributed by atoms with Crippen molar-refractivity contribution in [2.24, 2.45) is 5.14 Å². The first-order valence-electron chi connectivity index (χ1n) is 9.45. The van der Waals surface area contributed by atoms with Crippen LogP contribution in [-0.4, -0.2) is 15.0 Å². The van der Waals surface area contributed by atoms with Crippen LogP contribution in [0.2, 0.25) is 10.0 Å². The van der Waals surface area contributed by atoms with E-state index in [1.54, 1.807) is 24.3 Å². The molecule has 0 aromatic heterocycles. The van der Waals surface area contributed by atoms with Crippen molar-refractivity contribution in [3.8, 4) is 11.5 Å². The van der Waals surface area contributed by atoms with Crippen LogP contribution in [0.5, 0.6) is 11.5 Å². The summed E-state index contributed by atoms with van der Waals surface area (Å²) in [5.41, 5.74) is 2.56. The van der Waals surface area contributed by atoms with Crippen LogP contribution < -0.4 is 19.9 Å². The van der Waals surface area contributed by atoms with Gasteiger partial charge in [-0.15, -0.1) is 0 Å². The van der Waals surface area contributed by atoms with E-state index in [1.807, 2.05) is 31.2 Å². The maximum absolute atomic E-state index is 11.4. The maximum Gasteiger partial charge on any atom is 0.238 e. The minimum Gasteiger partial charge on any atom is -0.490 e. The van der Waals surface area contributed by atoms with E-state index in [2.05, 4.69) is 5.32 Å². The summed E-state index contributed by atoms with van der Waals surface area (Å²) < 4.78 is 34.4. The van der Waals surface area contributed by atoms with E-state index in [4.69, 9.17) is 37.8 Å². The number of nitrogens with two attached hydrogens (primary N) is 1. The van der Waals surface area contributed by atoms with Gasteiger partial charge in [0.05, 0.1) is 11.5 Å². The number of hydrogen-bond donors (Lipinski definition) is 2. The molecule has 0 atom stereocenters. The minimum atomic E-state index is -3.71. The van der Waals surface area contributed by atoms with Gasteiger partial charge in [-0.05, 0) is 61.0 Å². The van der Waals surface area contributed by atoms with Gasteiger partial charge < -0.3 is 14.8 Å². The topological polar surface area (TPSA) is 90.6 Å². The predicted octanol–water partition coefficient (Wildman–Crippen LogP) is 5.23. The van der Waals surface area contributed by atoms with Gasteiger partial charge in [0, 0.05) is 27.8 Å². The molecule has 164 valence electrons. The first kappa shape index (κ1) is 23.2. The van der Waals surface area contributed by atoms with Gasteiger partial charge in [0.25, 0.3) is 0 Å². The van der Waals surface area contributed by atoms with Gasteiger partial charge in [0.2, 0.25) is 10.0 Å². The molecule has 0 fully saturated rings. The Bertz CT molecular complexity index is 1150. The molecule has 0 aliphatic carbocycles. The SMILES string of the molecule is CCOc1cc(CNc2ccc(S(N)(=O)=O)cc2)ccc1OCc1ccc(Cl)cc1Cl. The van der Waals surface area contributed by atoms with Gasteiger partial charge in [0.15, 0.2) is 11.5 Å². The largest absolute Gasteiger partial charge is 0.490 e. The number of ether oxygens (including phenoxy) is 2. The lowest BCUT2D eigenvalue weighted by molar-refractivity contribution is 0.269. The zero-order valence-corrected chi connectivity index (χ0v) is 19.1. The van der Waals surface area contributed by atoms with Crippen LogP contribution >= 0.6 is 23.2 Å². The van der Waals surface area contributed by atoms with Crippen molar-refractivity contribution >= 4 is 38.9 Å². The number of rotatable bonds is 9. The second-order valence-electron chi connectivity index (χ2n) is 6.66. The summed E-state index contributed by atoms with van der Waals surface area (Å²) in [6, 6.07) is 17.2. The van der Waals surface area contributed by atoms with E-state index >= 15 is 0 Å². The zero-order valence-electron chi connectivity index (χ0n) is 16.8. The third-order valence-electron chi connectivity index (χ3n) is 4.39. The van der Waals surface area contributed by atoms with Gasteiger partial charge in [-0.3, -0.25) is 0 Å². The van der Waals surface area contributed by atoms with Gasteiger partial charge in [-0.1, -0.05) is 35.3 Å². The smallest absolute Gasteiger partial charge is 0.238 e. The Morgan fingerprint density at radius 1 is 0.935 bits per heavy atom. The highest BCUT2D eigenvalue weighted by Gasteiger charge is 2.10. The molecule has 0 amide bonds. The highest BCUT2D eigenvalue weighted by Crippen LogP contribution is 2.31. The Kier molecular flexibility index (Phi) is 7.67. The maximum atomic E-state index is 11.4. The molecule has 0 saturated carbocycles. The molecule has 0 aliphatic rings. The van der Waals surface area contributed by atoms with Crippen molar-refractivity contribution in [3.05, 3.63) is 81.8 Å². The molecule has 3 aromatic rings. The Balaban J connectivity index is 1.68. The third kappa shape index (κ3) is 6.51. The molecule has 6 nitrogen and oxygen atoms in total. The van der Waals surface area contributed by atoms with E-state index in [-0.39, 0.29) is 11.5 Å². The second kappa shape index (κ2) is 10.2. The summed E-state index contributed by atoms with van der Waals surface area (Å²) in [5.74, 6) is 1.23. The minimum absolute atomic E-state index is 0.0685.